The molecule has 0 saturated heterocycles. The first kappa shape index (κ1) is 9.99. The molecular formula is C4H6F3NO3. The fourth-order valence-electron chi connectivity index (χ4n) is 0.238. The van der Waals surface area contributed by atoms with Crippen LogP contribution in [0.3, 0.4) is 0 Å². The predicted molar refractivity (Wildman–Crippen MR) is 28.2 cm³/mol. The van der Waals surface area contributed by atoms with Gasteiger partial charge in [0.25, 0.3) is 5.09 Å². The first-order valence-electron chi connectivity index (χ1n) is 2.57. The monoisotopic (exact) mass is 173 g/mol. The minimum atomic E-state index is -4.74. The van der Waals surface area contributed by atoms with Gasteiger partial charge in [0.2, 0.25) is 5.60 Å². The Kier molecular flexibility index (Phi) is 2.32. The van der Waals surface area contributed by atoms with E-state index >= 15 is 0 Å². The van der Waals surface area contributed by atoms with Crippen molar-refractivity contribution in [2.75, 3.05) is 0 Å². The molecule has 0 bridgehead atoms. The first-order chi connectivity index (χ1) is 4.67. The Balaban J connectivity index is 4.34. The molecule has 0 aromatic carbocycles. The minimum absolute atomic E-state index is 0.579. The Morgan fingerprint density at radius 2 is 1.73 bits per heavy atom. The minimum Gasteiger partial charge on any atom is -0.298 e. The molecule has 0 aromatic rings. The zero-order valence-corrected chi connectivity index (χ0v) is 5.81. The van der Waals surface area contributed by atoms with Gasteiger partial charge < -0.3 is 0 Å². The lowest BCUT2D eigenvalue weighted by atomic mass is 10.1. The summed E-state index contributed by atoms with van der Waals surface area (Å²) in [6, 6.07) is 0. The van der Waals surface area contributed by atoms with Gasteiger partial charge >= 0.3 is 6.18 Å². The van der Waals surface area contributed by atoms with Gasteiger partial charge in [-0.3, -0.25) is 4.84 Å². The van der Waals surface area contributed by atoms with Crippen molar-refractivity contribution in [2.45, 2.75) is 25.6 Å². The summed E-state index contributed by atoms with van der Waals surface area (Å²) in [5.74, 6) is 0. The molecule has 66 valence electrons. The third kappa shape index (κ3) is 2.60. The number of hydrogen-bond donors (Lipinski definition) is 0. The van der Waals surface area contributed by atoms with Gasteiger partial charge in [-0.15, -0.1) is 10.1 Å². The van der Waals surface area contributed by atoms with Crippen molar-refractivity contribution in [1.82, 2.24) is 0 Å². The Labute approximate surface area is 60.1 Å². The van der Waals surface area contributed by atoms with Gasteiger partial charge in [-0.1, -0.05) is 0 Å². The first-order valence-corrected chi connectivity index (χ1v) is 2.57. The van der Waals surface area contributed by atoms with Crippen molar-refractivity contribution < 1.29 is 23.1 Å². The lowest BCUT2D eigenvalue weighted by Gasteiger charge is -2.24. The van der Waals surface area contributed by atoms with Crippen molar-refractivity contribution in [1.29, 1.82) is 0 Å². The van der Waals surface area contributed by atoms with E-state index in [1.807, 2.05) is 0 Å². The summed E-state index contributed by atoms with van der Waals surface area (Å²) >= 11 is 0. The average molecular weight is 173 g/mol. The fraction of sp³-hybridized carbons (Fsp3) is 1.00. The SMILES string of the molecule is CC(C)(O[N+](=O)[O-])C(F)(F)F. The van der Waals surface area contributed by atoms with E-state index in [4.69, 9.17) is 0 Å². The Hall–Kier alpha value is -1.01. The normalized spacial score (nSPS) is 12.8. The van der Waals surface area contributed by atoms with Gasteiger partial charge in [-0.05, 0) is 13.8 Å². The van der Waals surface area contributed by atoms with Crippen LogP contribution in [0.2, 0.25) is 0 Å². The van der Waals surface area contributed by atoms with Gasteiger partial charge in [-0.2, -0.15) is 13.2 Å². The molecule has 0 radical (unpaired) electrons. The summed E-state index contributed by atoms with van der Waals surface area (Å²) in [5.41, 5.74) is -2.74. The van der Waals surface area contributed by atoms with E-state index in [0.717, 1.165) is 0 Å². The van der Waals surface area contributed by atoms with E-state index in [1.165, 1.54) is 0 Å². The number of alkyl halides is 3. The highest BCUT2D eigenvalue weighted by Gasteiger charge is 2.50. The summed E-state index contributed by atoms with van der Waals surface area (Å²) in [7, 11) is 0. The van der Waals surface area contributed by atoms with E-state index in [1.54, 1.807) is 0 Å². The van der Waals surface area contributed by atoms with Crippen LogP contribution in [0.15, 0.2) is 0 Å². The number of rotatable bonds is 2. The van der Waals surface area contributed by atoms with E-state index in [2.05, 4.69) is 4.84 Å². The van der Waals surface area contributed by atoms with E-state index < -0.39 is 16.9 Å². The summed E-state index contributed by atoms with van der Waals surface area (Å²) in [6.07, 6.45) is -4.74. The van der Waals surface area contributed by atoms with Gasteiger partial charge in [0, 0.05) is 0 Å². The van der Waals surface area contributed by atoms with Crippen molar-refractivity contribution >= 4 is 0 Å². The van der Waals surface area contributed by atoms with Crippen molar-refractivity contribution in [3.8, 4) is 0 Å². The topological polar surface area (TPSA) is 52.4 Å². The van der Waals surface area contributed by atoms with Gasteiger partial charge in [-0.25, -0.2) is 0 Å². The fourth-order valence-corrected chi connectivity index (χ4v) is 0.238. The average Bonchev–Trinajstić information content (AvgIpc) is 1.56. The van der Waals surface area contributed by atoms with Crippen LogP contribution < -0.4 is 0 Å². The summed E-state index contributed by atoms with van der Waals surface area (Å²) < 4.78 is 35.3. The highest BCUT2D eigenvalue weighted by molar-refractivity contribution is 4.76. The zero-order chi connectivity index (χ0) is 9.28. The second-order valence-electron chi connectivity index (χ2n) is 2.32. The molecule has 0 rings (SSSR count). The molecule has 0 aliphatic carbocycles. The highest BCUT2D eigenvalue weighted by atomic mass is 19.4. The largest absolute Gasteiger partial charge is 0.417 e. The van der Waals surface area contributed by atoms with Gasteiger partial charge in [0.05, 0.1) is 0 Å². The molecule has 0 aliphatic rings. The number of hydrogen-bond acceptors (Lipinski definition) is 3. The Morgan fingerprint density at radius 3 is 1.82 bits per heavy atom. The standard InChI is InChI=1S/C4H6F3NO3/c1-3(2,4(5,6)7)11-8(9)10/h1-2H3. The van der Waals surface area contributed by atoms with Crippen LogP contribution in [0.5, 0.6) is 0 Å². The van der Waals surface area contributed by atoms with Crippen molar-refractivity contribution in [3.05, 3.63) is 10.1 Å². The molecule has 0 heterocycles. The van der Waals surface area contributed by atoms with Crippen molar-refractivity contribution in [2.24, 2.45) is 0 Å². The molecule has 0 amide bonds. The molecule has 0 aromatic heterocycles. The maximum atomic E-state index is 11.8. The maximum absolute atomic E-state index is 11.8. The van der Waals surface area contributed by atoms with Crippen molar-refractivity contribution in [3.63, 3.8) is 0 Å². The van der Waals surface area contributed by atoms with Crippen LogP contribution in [0, 0.1) is 10.1 Å². The molecule has 0 aliphatic heterocycles. The predicted octanol–water partition coefficient (Wildman–Crippen LogP) is 1.54. The highest BCUT2D eigenvalue weighted by Crippen LogP contribution is 2.32. The lowest BCUT2D eigenvalue weighted by molar-refractivity contribution is -0.787. The number of nitrogens with zero attached hydrogens (tertiary/aromatic N) is 1. The summed E-state index contributed by atoms with van der Waals surface area (Å²) in [6.45, 7) is 1.16. The van der Waals surface area contributed by atoms with E-state index in [0.29, 0.717) is 13.8 Å². The second-order valence-corrected chi connectivity index (χ2v) is 2.32. The smallest absolute Gasteiger partial charge is 0.298 e. The molecule has 0 atom stereocenters. The van der Waals surface area contributed by atoms with Crippen LogP contribution >= 0.6 is 0 Å². The molecular weight excluding hydrogens is 167 g/mol. The van der Waals surface area contributed by atoms with Crippen LogP contribution in [-0.2, 0) is 4.84 Å². The molecule has 0 N–H and O–H groups in total. The zero-order valence-electron chi connectivity index (χ0n) is 5.81. The summed E-state index contributed by atoms with van der Waals surface area (Å²) in [5, 5.41) is 8.08. The van der Waals surface area contributed by atoms with E-state index in [9.17, 15) is 23.3 Å². The third-order valence-corrected chi connectivity index (χ3v) is 0.985. The summed E-state index contributed by atoms with van der Waals surface area (Å²) in [4.78, 5) is 12.9. The van der Waals surface area contributed by atoms with Crippen LogP contribution in [0.25, 0.3) is 0 Å². The lowest BCUT2D eigenvalue weighted by Crippen LogP contribution is -2.43. The second kappa shape index (κ2) is 2.55. The Bertz CT molecular complexity index is 164. The van der Waals surface area contributed by atoms with Gasteiger partial charge in [0.1, 0.15) is 0 Å². The van der Waals surface area contributed by atoms with Gasteiger partial charge in [0.15, 0.2) is 0 Å². The molecule has 0 saturated carbocycles. The third-order valence-electron chi connectivity index (χ3n) is 0.985. The molecule has 7 heteroatoms. The molecule has 11 heavy (non-hydrogen) atoms. The number of halogens is 3. The molecule has 0 fully saturated rings. The van der Waals surface area contributed by atoms with Crippen LogP contribution in [-0.4, -0.2) is 16.9 Å². The Morgan fingerprint density at radius 1 is 1.36 bits per heavy atom. The molecule has 0 unspecified atom stereocenters. The maximum Gasteiger partial charge on any atom is 0.417 e. The van der Waals surface area contributed by atoms with Crippen LogP contribution in [0.4, 0.5) is 13.2 Å². The molecule has 4 nitrogen and oxygen atoms in total. The van der Waals surface area contributed by atoms with Crippen LogP contribution in [0.1, 0.15) is 13.8 Å². The quantitative estimate of drug-likeness (QED) is 0.470. The molecule has 0 spiro atoms. The van der Waals surface area contributed by atoms with E-state index in [-0.39, 0.29) is 0 Å².